The van der Waals surface area contributed by atoms with Crippen LogP contribution in [0, 0.1) is 19.8 Å². The van der Waals surface area contributed by atoms with Crippen LogP contribution in [0.3, 0.4) is 0 Å². The lowest BCUT2D eigenvalue weighted by Crippen LogP contribution is -2.48. The van der Waals surface area contributed by atoms with Gasteiger partial charge in [0.2, 0.25) is 11.8 Å². The molecule has 0 saturated heterocycles. The normalized spacial score (nSPS) is 12.8. The van der Waals surface area contributed by atoms with E-state index in [0.29, 0.717) is 34.3 Å². The predicted molar refractivity (Wildman–Crippen MR) is 114 cm³/mol. The van der Waals surface area contributed by atoms with Crippen molar-refractivity contribution < 1.29 is 28.6 Å². The van der Waals surface area contributed by atoms with E-state index in [1.54, 1.807) is 32.9 Å². The molecule has 0 aliphatic heterocycles. The Morgan fingerprint density at radius 1 is 1.16 bits per heavy atom. The molecular formula is C22H28N2O7. The Balaban J connectivity index is 2.11. The van der Waals surface area contributed by atoms with Crippen LogP contribution in [-0.2, 0) is 20.8 Å². The molecule has 9 heteroatoms. The van der Waals surface area contributed by atoms with E-state index in [4.69, 9.17) is 9.15 Å². The number of carboxylic acids is 1. The Labute approximate surface area is 179 Å². The molecule has 1 aromatic heterocycles. The van der Waals surface area contributed by atoms with Crippen molar-refractivity contribution in [3.8, 4) is 5.75 Å². The topological polar surface area (TPSA) is 135 Å². The number of aliphatic carboxylic acids is 1. The molecule has 0 aliphatic carbocycles. The SMILES string of the molecule is CCC(C)C(NC(=O)CNC(=O)Cc1c(C)c2ccc(OC)c(C)c2oc1=O)C(=O)O. The van der Waals surface area contributed by atoms with Crippen LogP contribution in [-0.4, -0.2) is 42.6 Å². The summed E-state index contributed by atoms with van der Waals surface area (Å²) in [6, 6.07) is 2.48. The molecule has 168 valence electrons. The van der Waals surface area contributed by atoms with Gasteiger partial charge >= 0.3 is 11.6 Å². The number of hydrogen-bond donors (Lipinski definition) is 3. The molecule has 0 fully saturated rings. The maximum atomic E-state index is 12.5. The molecular weight excluding hydrogens is 404 g/mol. The van der Waals surface area contributed by atoms with Gasteiger partial charge in [-0.15, -0.1) is 0 Å². The van der Waals surface area contributed by atoms with Crippen molar-refractivity contribution in [2.75, 3.05) is 13.7 Å². The van der Waals surface area contributed by atoms with E-state index in [0.717, 1.165) is 0 Å². The molecule has 3 N–H and O–H groups in total. The number of carboxylic acid groups (broad SMARTS) is 1. The zero-order valence-electron chi connectivity index (χ0n) is 18.3. The third-order valence-electron chi connectivity index (χ3n) is 5.45. The first-order valence-corrected chi connectivity index (χ1v) is 9.99. The molecule has 0 aliphatic rings. The summed E-state index contributed by atoms with van der Waals surface area (Å²) in [4.78, 5) is 48.2. The highest BCUT2D eigenvalue weighted by molar-refractivity contribution is 5.90. The van der Waals surface area contributed by atoms with Gasteiger partial charge in [-0.25, -0.2) is 9.59 Å². The molecule has 0 bridgehead atoms. The van der Waals surface area contributed by atoms with Gasteiger partial charge in [-0.1, -0.05) is 20.3 Å². The fourth-order valence-corrected chi connectivity index (χ4v) is 3.31. The second-order valence-electron chi connectivity index (χ2n) is 7.49. The number of ether oxygens (including phenoxy) is 1. The van der Waals surface area contributed by atoms with Crippen LogP contribution in [0.4, 0.5) is 0 Å². The van der Waals surface area contributed by atoms with Crippen LogP contribution in [0.5, 0.6) is 5.75 Å². The Hall–Kier alpha value is -3.36. The summed E-state index contributed by atoms with van der Waals surface area (Å²) in [5.74, 6) is -1.98. The minimum atomic E-state index is -1.13. The molecule has 9 nitrogen and oxygen atoms in total. The molecule has 2 rings (SSSR count). The van der Waals surface area contributed by atoms with E-state index >= 15 is 0 Å². The van der Waals surface area contributed by atoms with Crippen LogP contribution in [0.15, 0.2) is 21.3 Å². The van der Waals surface area contributed by atoms with Gasteiger partial charge in [-0.3, -0.25) is 9.59 Å². The summed E-state index contributed by atoms with van der Waals surface area (Å²) < 4.78 is 10.7. The third-order valence-corrected chi connectivity index (χ3v) is 5.45. The zero-order chi connectivity index (χ0) is 23.3. The number of nitrogens with one attached hydrogen (secondary N) is 2. The highest BCUT2D eigenvalue weighted by Gasteiger charge is 2.25. The van der Waals surface area contributed by atoms with Gasteiger partial charge in [0.05, 0.1) is 25.6 Å². The summed E-state index contributed by atoms with van der Waals surface area (Å²) in [7, 11) is 1.52. The Morgan fingerprint density at radius 3 is 2.42 bits per heavy atom. The summed E-state index contributed by atoms with van der Waals surface area (Å²) >= 11 is 0. The van der Waals surface area contributed by atoms with E-state index < -0.39 is 36.0 Å². The van der Waals surface area contributed by atoms with Gasteiger partial charge < -0.3 is 24.9 Å². The fraction of sp³-hybridized carbons (Fsp3) is 0.455. The van der Waals surface area contributed by atoms with Crippen molar-refractivity contribution in [2.24, 2.45) is 5.92 Å². The van der Waals surface area contributed by atoms with Crippen molar-refractivity contribution in [1.29, 1.82) is 0 Å². The summed E-state index contributed by atoms with van der Waals surface area (Å²) in [6.45, 7) is 6.65. The minimum Gasteiger partial charge on any atom is -0.496 e. The van der Waals surface area contributed by atoms with E-state index in [-0.39, 0.29) is 17.9 Å². The molecule has 2 atom stereocenters. The monoisotopic (exact) mass is 432 g/mol. The lowest BCUT2D eigenvalue weighted by atomic mass is 9.99. The highest BCUT2D eigenvalue weighted by atomic mass is 16.5. The molecule has 31 heavy (non-hydrogen) atoms. The highest BCUT2D eigenvalue weighted by Crippen LogP contribution is 2.29. The molecule has 2 amide bonds. The van der Waals surface area contributed by atoms with E-state index in [1.807, 2.05) is 6.92 Å². The first-order chi connectivity index (χ1) is 14.6. The zero-order valence-corrected chi connectivity index (χ0v) is 18.3. The largest absolute Gasteiger partial charge is 0.496 e. The molecule has 1 aromatic carbocycles. The van der Waals surface area contributed by atoms with Crippen molar-refractivity contribution in [3.63, 3.8) is 0 Å². The number of amides is 2. The number of benzene rings is 1. The van der Waals surface area contributed by atoms with Crippen molar-refractivity contribution in [2.45, 2.75) is 46.6 Å². The average Bonchev–Trinajstić information content (AvgIpc) is 2.73. The predicted octanol–water partition coefficient (Wildman–Crippen LogP) is 1.69. The smallest absolute Gasteiger partial charge is 0.340 e. The van der Waals surface area contributed by atoms with Gasteiger partial charge in [0.15, 0.2) is 0 Å². The number of carbonyl (C=O) groups is 3. The molecule has 0 radical (unpaired) electrons. The number of rotatable bonds is 9. The number of fused-ring (bicyclic) bond motifs is 1. The van der Waals surface area contributed by atoms with Crippen LogP contribution < -0.4 is 21.0 Å². The maximum absolute atomic E-state index is 12.5. The van der Waals surface area contributed by atoms with Crippen molar-refractivity contribution in [1.82, 2.24) is 10.6 Å². The first kappa shape index (κ1) is 23.9. The number of aryl methyl sites for hydroxylation is 2. The molecule has 1 heterocycles. The van der Waals surface area contributed by atoms with E-state index in [2.05, 4.69) is 10.6 Å². The van der Waals surface area contributed by atoms with Crippen molar-refractivity contribution >= 4 is 28.8 Å². The van der Waals surface area contributed by atoms with Gasteiger partial charge in [-0.05, 0) is 37.5 Å². The van der Waals surface area contributed by atoms with Crippen LogP contribution in [0.25, 0.3) is 11.0 Å². The standard InChI is InChI=1S/C22H28N2O7/c1-6-11(2)19(21(27)28)24-18(26)10-23-17(25)9-15-12(3)14-7-8-16(30-5)13(4)20(14)31-22(15)29/h7-8,11,19H,6,9-10H2,1-5H3,(H,23,25)(H,24,26)(H,27,28). The summed E-state index contributed by atoms with van der Waals surface area (Å²) in [5, 5.41) is 14.8. The Kier molecular flexibility index (Phi) is 7.79. The number of carbonyl (C=O) groups excluding carboxylic acids is 2. The first-order valence-electron chi connectivity index (χ1n) is 9.99. The second-order valence-corrected chi connectivity index (χ2v) is 7.49. The molecule has 0 saturated carbocycles. The second kappa shape index (κ2) is 10.1. The van der Waals surface area contributed by atoms with Crippen LogP contribution in [0.2, 0.25) is 0 Å². The number of methoxy groups -OCH3 is 1. The van der Waals surface area contributed by atoms with Crippen LogP contribution in [0.1, 0.15) is 37.0 Å². The summed E-state index contributed by atoms with van der Waals surface area (Å²) in [6.07, 6.45) is 0.308. The lowest BCUT2D eigenvalue weighted by Gasteiger charge is -2.20. The Morgan fingerprint density at radius 2 is 1.84 bits per heavy atom. The minimum absolute atomic E-state index is 0.193. The number of hydrogen-bond acceptors (Lipinski definition) is 6. The average molecular weight is 432 g/mol. The maximum Gasteiger partial charge on any atom is 0.340 e. The van der Waals surface area contributed by atoms with Crippen LogP contribution >= 0.6 is 0 Å². The van der Waals surface area contributed by atoms with Gasteiger partial charge in [0.25, 0.3) is 0 Å². The van der Waals surface area contributed by atoms with E-state index in [1.165, 1.54) is 7.11 Å². The fourth-order valence-electron chi connectivity index (χ4n) is 3.31. The lowest BCUT2D eigenvalue weighted by molar-refractivity contribution is -0.143. The van der Waals surface area contributed by atoms with Gasteiger partial charge in [0.1, 0.15) is 17.4 Å². The van der Waals surface area contributed by atoms with Gasteiger partial charge in [-0.2, -0.15) is 0 Å². The quantitative estimate of drug-likeness (QED) is 0.513. The van der Waals surface area contributed by atoms with Gasteiger partial charge in [0, 0.05) is 10.9 Å². The summed E-state index contributed by atoms with van der Waals surface area (Å²) in [5.41, 5.74) is 1.25. The third kappa shape index (κ3) is 5.42. The molecule has 2 aromatic rings. The molecule has 2 unspecified atom stereocenters. The van der Waals surface area contributed by atoms with Crippen molar-refractivity contribution in [3.05, 3.63) is 39.2 Å². The molecule has 0 spiro atoms. The van der Waals surface area contributed by atoms with E-state index in [9.17, 15) is 24.3 Å². The Bertz CT molecular complexity index is 1060.